The molecule has 1 fully saturated rings. The van der Waals surface area contributed by atoms with Crippen LogP contribution in [0.1, 0.15) is 9.67 Å². The SMILES string of the molecule is NCN(CCO)c1ccc(N2CC(CNC(=O)c3ccc(Cl)s3)OC2=O)cc1. The third kappa shape index (κ3) is 4.74. The van der Waals surface area contributed by atoms with Crippen molar-refractivity contribution in [2.45, 2.75) is 6.10 Å². The lowest BCUT2D eigenvalue weighted by atomic mass is 10.2. The fourth-order valence-corrected chi connectivity index (χ4v) is 3.82. The third-order valence-electron chi connectivity index (χ3n) is 4.28. The fraction of sp³-hybridized carbons (Fsp3) is 0.333. The lowest BCUT2D eigenvalue weighted by Crippen LogP contribution is -2.34. The van der Waals surface area contributed by atoms with Crippen LogP contribution >= 0.6 is 22.9 Å². The molecule has 8 nitrogen and oxygen atoms in total. The minimum atomic E-state index is -0.461. The molecule has 1 saturated heterocycles. The maximum atomic E-state index is 12.2. The van der Waals surface area contributed by atoms with Crippen LogP contribution in [0, 0.1) is 0 Å². The van der Waals surface area contributed by atoms with E-state index in [1.54, 1.807) is 24.3 Å². The van der Waals surface area contributed by atoms with E-state index in [2.05, 4.69) is 5.32 Å². The topological polar surface area (TPSA) is 108 Å². The van der Waals surface area contributed by atoms with Crippen molar-refractivity contribution in [3.8, 4) is 0 Å². The summed E-state index contributed by atoms with van der Waals surface area (Å²) in [6, 6.07) is 10.6. The average Bonchev–Trinajstić information content (AvgIpc) is 3.30. The number of anilines is 2. The molecule has 4 N–H and O–H groups in total. The molecule has 1 aromatic heterocycles. The van der Waals surface area contributed by atoms with Crippen molar-refractivity contribution in [3.05, 3.63) is 45.6 Å². The van der Waals surface area contributed by atoms with Gasteiger partial charge in [-0.15, -0.1) is 11.3 Å². The summed E-state index contributed by atoms with van der Waals surface area (Å²) >= 11 is 7.03. The Balaban J connectivity index is 1.57. The fourth-order valence-electron chi connectivity index (χ4n) is 2.86. The van der Waals surface area contributed by atoms with Crippen molar-refractivity contribution in [2.75, 3.05) is 42.7 Å². The van der Waals surface area contributed by atoms with Crippen LogP contribution in [-0.4, -0.2) is 56.1 Å². The van der Waals surface area contributed by atoms with E-state index in [9.17, 15) is 9.59 Å². The highest BCUT2D eigenvalue weighted by Crippen LogP contribution is 2.25. The highest BCUT2D eigenvalue weighted by molar-refractivity contribution is 7.17. The predicted octanol–water partition coefficient (Wildman–Crippen LogP) is 1.87. The monoisotopic (exact) mass is 424 g/mol. The molecule has 0 radical (unpaired) electrons. The second-order valence-corrected chi connectivity index (χ2v) is 7.83. The van der Waals surface area contributed by atoms with E-state index in [1.165, 1.54) is 16.2 Å². The molecule has 1 aromatic carbocycles. The van der Waals surface area contributed by atoms with E-state index in [0.29, 0.717) is 28.0 Å². The Kier molecular flexibility index (Phi) is 6.74. The number of halogens is 1. The first kappa shape index (κ1) is 20.4. The average molecular weight is 425 g/mol. The summed E-state index contributed by atoms with van der Waals surface area (Å²) in [6.07, 6.45) is -0.904. The Hall–Kier alpha value is -2.33. The minimum Gasteiger partial charge on any atom is -0.442 e. The number of nitrogens with zero attached hydrogens (tertiary/aromatic N) is 2. The Labute approximate surface area is 171 Å². The number of cyclic esters (lactones) is 1. The molecule has 1 aliphatic rings. The first-order chi connectivity index (χ1) is 13.5. The number of hydrogen-bond acceptors (Lipinski definition) is 7. The quantitative estimate of drug-likeness (QED) is 0.558. The molecule has 2 aromatic rings. The summed E-state index contributed by atoms with van der Waals surface area (Å²) in [4.78, 5) is 28.1. The molecule has 150 valence electrons. The maximum absolute atomic E-state index is 12.2. The van der Waals surface area contributed by atoms with Crippen LogP contribution in [0.3, 0.4) is 0 Å². The summed E-state index contributed by atoms with van der Waals surface area (Å²) < 4.78 is 5.88. The Morgan fingerprint density at radius 2 is 2.11 bits per heavy atom. The van der Waals surface area contributed by atoms with E-state index >= 15 is 0 Å². The smallest absolute Gasteiger partial charge is 0.414 e. The molecule has 1 aliphatic heterocycles. The molecule has 10 heteroatoms. The number of thiophene rings is 1. The van der Waals surface area contributed by atoms with Crippen molar-refractivity contribution in [1.82, 2.24) is 5.32 Å². The zero-order valence-corrected chi connectivity index (χ0v) is 16.6. The summed E-state index contributed by atoms with van der Waals surface area (Å²) in [5, 5.41) is 11.8. The van der Waals surface area contributed by atoms with Gasteiger partial charge in [0, 0.05) is 17.9 Å². The van der Waals surface area contributed by atoms with Gasteiger partial charge in [-0.1, -0.05) is 11.6 Å². The first-order valence-corrected chi connectivity index (χ1v) is 9.89. The van der Waals surface area contributed by atoms with Gasteiger partial charge in [0.15, 0.2) is 0 Å². The van der Waals surface area contributed by atoms with Gasteiger partial charge in [0.1, 0.15) is 6.10 Å². The summed E-state index contributed by atoms with van der Waals surface area (Å²) in [6.45, 7) is 1.26. The number of aliphatic hydroxyl groups excluding tert-OH is 1. The zero-order chi connectivity index (χ0) is 20.1. The van der Waals surface area contributed by atoms with Crippen LogP contribution in [0.2, 0.25) is 4.34 Å². The molecule has 0 spiro atoms. The van der Waals surface area contributed by atoms with E-state index in [0.717, 1.165) is 5.69 Å². The van der Waals surface area contributed by atoms with Crippen LogP contribution in [0.15, 0.2) is 36.4 Å². The molecule has 0 aliphatic carbocycles. The number of rotatable bonds is 8. The maximum Gasteiger partial charge on any atom is 0.414 e. The molecule has 0 saturated carbocycles. The van der Waals surface area contributed by atoms with Gasteiger partial charge in [0.05, 0.1) is 35.6 Å². The third-order valence-corrected chi connectivity index (χ3v) is 5.51. The van der Waals surface area contributed by atoms with Crippen molar-refractivity contribution >= 4 is 46.3 Å². The molecule has 2 amide bonds. The summed E-state index contributed by atoms with van der Waals surface area (Å²) in [5.74, 6) is -0.249. The van der Waals surface area contributed by atoms with Crippen molar-refractivity contribution in [3.63, 3.8) is 0 Å². The number of ether oxygens (including phenoxy) is 1. The lowest BCUT2D eigenvalue weighted by molar-refractivity contribution is 0.0920. The van der Waals surface area contributed by atoms with Crippen molar-refractivity contribution in [2.24, 2.45) is 5.73 Å². The highest BCUT2D eigenvalue weighted by atomic mass is 35.5. The van der Waals surface area contributed by atoms with Crippen LogP contribution in [0.25, 0.3) is 0 Å². The molecule has 1 unspecified atom stereocenters. The Morgan fingerprint density at radius 3 is 2.71 bits per heavy atom. The van der Waals surface area contributed by atoms with Crippen LogP contribution < -0.4 is 20.9 Å². The van der Waals surface area contributed by atoms with Gasteiger partial charge >= 0.3 is 6.09 Å². The Morgan fingerprint density at radius 1 is 1.36 bits per heavy atom. The number of hydrogen-bond donors (Lipinski definition) is 3. The first-order valence-electron chi connectivity index (χ1n) is 8.69. The number of nitrogens with two attached hydrogens (primary N) is 1. The molecule has 0 bridgehead atoms. The van der Waals surface area contributed by atoms with E-state index in [4.69, 9.17) is 27.2 Å². The number of aliphatic hydroxyl groups is 1. The minimum absolute atomic E-state index is 0.00246. The van der Waals surface area contributed by atoms with Crippen LogP contribution in [0.5, 0.6) is 0 Å². The number of nitrogens with one attached hydrogen (secondary N) is 1. The molecule has 3 rings (SSSR count). The normalized spacial score (nSPS) is 16.2. The Bertz CT molecular complexity index is 829. The van der Waals surface area contributed by atoms with E-state index in [-0.39, 0.29) is 25.7 Å². The van der Waals surface area contributed by atoms with E-state index < -0.39 is 12.2 Å². The molecule has 28 heavy (non-hydrogen) atoms. The standard InChI is InChI=1S/C18H21ClN4O4S/c19-16-6-5-15(28-16)17(25)21-9-14-10-23(18(26)27-14)13-3-1-12(2-4-13)22(11-20)7-8-24/h1-6,14,24H,7-11,20H2,(H,21,25). The summed E-state index contributed by atoms with van der Waals surface area (Å²) in [7, 11) is 0. The van der Waals surface area contributed by atoms with Crippen molar-refractivity contribution < 1.29 is 19.4 Å². The lowest BCUT2D eigenvalue weighted by Gasteiger charge is -2.22. The number of amides is 2. The van der Waals surface area contributed by atoms with Gasteiger partial charge in [-0.3, -0.25) is 9.69 Å². The second kappa shape index (κ2) is 9.24. The molecule has 2 heterocycles. The highest BCUT2D eigenvalue weighted by Gasteiger charge is 2.32. The van der Waals surface area contributed by atoms with Gasteiger partial charge in [0.2, 0.25) is 0 Å². The van der Waals surface area contributed by atoms with Gasteiger partial charge in [-0.2, -0.15) is 0 Å². The van der Waals surface area contributed by atoms with Gasteiger partial charge in [0.25, 0.3) is 5.91 Å². The molecular formula is C18H21ClN4O4S. The number of carbonyl (C=O) groups is 2. The van der Waals surface area contributed by atoms with Crippen LogP contribution in [0.4, 0.5) is 16.2 Å². The second-order valence-electron chi connectivity index (χ2n) is 6.12. The van der Waals surface area contributed by atoms with Crippen molar-refractivity contribution in [1.29, 1.82) is 0 Å². The largest absolute Gasteiger partial charge is 0.442 e. The van der Waals surface area contributed by atoms with Crippen LogP contribution in [-0.2, 0) is 4.74 Å². The number of benzene rings is 1. The predicted molar refractivity (Wildman–Crippen MR) is 109 cm³/mol. The molecule has 1 atom stereocenters. The van der Waals surface area contributed by atoms with Gasteiger partial charge in [-0.05, 0) is 36.4 Å². The van der Waals surface area contributed by atoms with Gasteiger partial charge in [-0.25, -0.2) is 4.79 Å². The zero-order valence-electron chi connectivity index (χ0n) is 15.0. The summed E-state index contributed by atoms with van der Waals surface area (Å²) in [5.41, 5.74) is 7.22. The van der Waals surface area contributed by atoms with Gasteiger partial charge < -0.3 is 25.8 Å². The van der Waals surface area contributed by atoms with E-state index in [1.807, 2.05) is 17.0 Å². The molecular weight excluding hydrogens is 404 g/mol. The number of carbonyl (C=O) groups excluding carboxylic acids is 2.